The van der Waals surface area contributed by atoms with Crippen LogP contribution >= 0.6 is 0 Å². The van der Waals surface area contributed by atoms with Crippen molar-refractivity contribution in [3.05, 3.63) is 23.3 Å². The number of carbonyl (C=O) groups is 2. The smallest absolute Gasteiger partial charge is 0.334 e. The Morgan fingerprint density at radius 1 is 1.48 bits per heavy atom. The second kappa shape index (κ2) is 4.72. The van der Waals surface area contributed by atoms with Crippen molar-refractivity contribution in [1.82, 2.24) is 0 Å². The lowest BCUT2D eigenvalue weighted by molar-refractivity contribution is -0.154. The van der Waals surface area contributed by atoms with Crippen LogP contribution in [-0.2, 0) is 19.1 Å². The molecular weight excluding hydrogens is 268 g/mol. The Labute approximate surface area is 125 Å². The van der Waals surface area contributed by atoms with Gasteiger partial charge in [0.05, 0.1) is 5.92 Å². The van der Waals surface area contributed by atoms with E-state index < -0.39 is 0 Å². The predicted octanol–water partition coefficient (Wildman–Crippen LogP) is 2.93. The van der Waals surface area contributed by atoms with E-state index in [0.29, 0.717) is 5.57 Å². The average molecular weight is 290 g/mol. The van der Waals surface area contributed by atoms with Crippen LogP contribution in [0.15, 0.2) is 23.3 Å². The maximum atomic E-state index is 12.0. The minimum Gasteiger partial charge on any atom is -0.462 e. The van der Waals surface area contributed by atoms with E-state index in [-0.39, 0.29) is 35.5 Å². The number of hydrogen-bond acceptors (Lipinski definition) is 4. The van der Waals surface area contributed by atoms with Crippen LogP contribution in [0.5, 0.6) is 0 Å². The molecule has 3 aliphatic rings. The maximum Gasteiger partial charge on any atom is 0.334 e. The normalized spacial score (nSPS) is 38.7. The highest BCUT2D eigenvalue weighted by Crippen LogP contribution is 2.55. The van der Waals surface area contributed by atoms with Gasteiger partial charge in [-0.2, -0.15) is 0 Å². The van der Waals surface area contributed by atoms with E-state index in [9.17, 15) is 9.59 Å². The lowest BCUT2D eigenvalue weighted by atomic mass is 9.59. The quantitative estimate of drug-likeness (QED) is 0.423. The van der Waals surface area contributed by atoms with Crippen molar-refractivity contribution in [1.29, 1.82) is 0 Å². The highest BCUT2D eigenvalue weighted by Gasteiger charge is 2.56. The van der Waals surface area contributed by atoms with Crippen molar-refractivity contribution in [2.45, 2.75) is 58.7 Å². The van der Waals surface area contributed by atoms with Crippen molar-refractivity contribution in [3.8, 4) is 0 Å². The molecule has 0 aromatic carbocycles. The van der Waals surface area contributed by atoms with Gasteiger partial charge in [0, 0.05) is 12.5 Å². The number of rotatable bonds is 1. The van der Waals surface area contributed by atoms with Crippen molar-refractivity contribution < 1.29 is 19.1 Å². The number of carbonyl (C=O) groups excluding carboxylic acids is 2. The van der Waals surface area contributed by atoms with E-state index in [1.807, 2.05) is 0 Å². The number of allylic oxidation sites excluding steroid dienone is 1. The summed E-state index contributed by atoms with van der Waals surface area (Å²) in [6, 6.07) is 0. The summed E-state index contributed by atoms with van der Waals surface area (Å²) in [5.74, 6) is -0.885. The van der Waals surface area contributed by atoms with Crippen LogP contribution in [0.2, 0.25) is 0 Å². The Kier molecular flexibility index (Phi) is 3.23. The van der Waals surface area contributed by atoms with Gasteiger partial charge in [-0.3, -0.25) is 4.79 Å². The van der Waals surface area contributed by atoms with E-state index in [2.05, 4.69) is 20.4 Å². The maximum absolute atomic E-state index is 12.0. The Bertz CT molecular complexity index is 559. The van der Waals surface area contributed by atoms with Gasteiger partial charge in [-0.25, -0.2) is 4.79 Å². The summed E-state index contributed by atoms with van der Waals surface area (Å²) in [4.78, 5) is 23.4. The Morgan fingerprint density at radius 2 is 2.19 bits per heavy atom. The van der Waals surface area contributed by atoms with Gasteiger partial charge in [-0.15, -0.1) is 0 Å². The third-order valence-corrected chi connectivity index (χ3v) is 5.27. The molecule has 0 bridgehead atoms. The van der Waals surface area contributed by atoms with Crippen LogP contribution in [0.4, 0.5) is 0 Å². The SMILES string of the molecule is C=C1C(=O)O[C@@H]2C3=C(C)CCC[C@]3(C)C[C@H](OC(C)=O)[C@@H]12. The van der Waals surface area contributed by atoms with Crippen LogP contribution < -0.4 is 0 Å². The zero-order valence-electron chi connectivity index (χ0n) is 12.9. The third kappa shape index (κ3) is 2.12. The van der Waals surface area contributed by atoms with Gasteiger partial charge in [-0.05, 0) is 43.6 Å². The fourth-order valence-corrected chi connectivity index (χ4v) is 4.47. The van der Waals surface area contributed by atoms with Crippen LogP contribution in [0.25, 0.3) is 0 Å². The molecule has 1 heterocycles. The Morgan fingerprint density at radius 3 is 2.86 bits per heavy atom. The van der Waals surface area contributed by atoms with Gasteiger partial charge in [0.25, 0.3) is 0 Å². The zero-order valence-corrected chi connectivity index (χ0v) is 12.9. The molecule has 21 heavy (non-hydrogen) atoms. The summed E-state index contributed by atoms with van der Waals surface area (Å²) in [6.07, 6.45) is 3.36. The van der Waals surface area contributed by atoms with Gasteiger partial charge >= 0.3 is 11.9 Å². The number of ether oxygens (including phenoxy) is 2. The molecule has 2 aliphatic carbocycles. The van der Waals surface area contributed by atoms with E-state index in [1.54, 1.807) is 0 Å². The number of hydrogen-bond donors (Lipinski definition) is 0. The van der Waals surface area contributed by atoms with E-state index in [4.69, 9.17) is 9.47 Å². The Hall–Kier alpha value is -1.58. The molecule has 4 nitrogen and oxygen atoms in total. The van der Waals surface area contributed by atoms with Crippen LogP contribution in [-0.4, -0.2) is 24.1 Å². The first-order valence-corrected chi connectivity index (χ1v) is 7.60. The average Bonchev–Trinajstić information content (AvgIpc) is 2.64. The fourth-order valence-electron chi connectivity index (χ4n) is 4.47. The predicted molar refractivity (Wildman–Crippen MR) is 77.3 cm³/mol. The lowest BCUT2D eigenvalue weighted by Gasteiger charge is -2.48. The molecule has 4 atom stereocenters. The second-order valence-electron chi connectivity index (χ2n) is 6.84. The first-order valence-electron chi connectivity index (χ1n) is 7.60. The first-order chi connectivity index (χ1) is 9.83. The standard InChI is InChI=1S/C17H22O4/c1-9-6-5-7-17(4)8-12(20-11(3)18)13-10(2)16(19)21-15(13)14(9)17/h12-13,15H,2,5-8H2,1,3-4H3/t12-,13+,15-,17+/m0/s1. The molecular formula is C17H22O4. The number of fused-ring (bicyclic) bond motifs is 3. The van der Waals surface area contributed by atoms with Crippen molar-refractivity contribution in [2.75, 3.05) is 0 Å². The highest BCUT2D eigenvalue weighted by molar-refractivity contribution is 5.91. The number of esters is 2. The molecule has 0 spiro atoms. The molecule has 0 radical (unpaired) electrons. The summed E-state index contributed by atoms with van der Waals surface area (Å²) in [5, 5.41) is 0. The van der Waals surface area contributed by atoms with Crippen LogP contribution in [0.1, 0.15) is 46.5 Å². The molecule has 0 aromatic rings. The minimum absolute atomic E-state index is 0.0471. The molecule has 0 aromatic heterocycles. The van der Waals surface area contributed by atoms with E-state index in [0.717, 1.165) is 25.7 Å². The molecule has 0 N–H and O–H groups in total. The topological polar surface area (TPSA) is 52.6 Å². The van der Waals surface area contributed by atoms with Gasteiger partial charge in [0.15, 0.2) is 0 Å². The molecule has 1 saturated heterocycles. The van der Waals surface area contributed by atoms with Crippen molar-refractivity contribution >= 4 is 11.9 Å². The second-order valence-corrected chi connectivity index (χ2v) is 6.84. The largest absolute Gasteiger partial charge is 0.462 e. The van der Waals surface area contributed by atoms with E-state index >= 15 is 0 Å². The minimum atomic E-state index is -0.350. The first kappa shape index (κ1) is 14.4. The third-order valence-electron chi connectivity index (χ3n) is 5.27. The summed E-state index contributed by atoms with van der Waals surface area (Å²) < 4.78 is 11.1. The lowest BCUT2D eigenvalue weighted by Crippen LogP contribution is -2.48. The molecule has 1 saturated carbocycles. The summed E-state index contributed by atoms with van der Waals surface area (Å²) in [7, 11) is 0. The van der Waals surface area contributed by atoms with Crippen LogP contribution in [0.3, 0.4) is 0 Å². The summed E-state index contributed by atoms with van der Waals surface area (Å²) in [6.45, 7) is 9.62. The molecule has 0 amide bonds. The van der Waals surface area contributed by atoms with E-state index in [1.165, 1.54) is 18.1 Å². The molecule has 2 fully saturated rings. The summed E-state index contributed by atoms with van der Waals surface area (Å²) >= 11 is 0. The molecule has 4 heteroatoms. The van der Waals surface area contributed by atoms with Crippen LogP contribution in [0, 0.1) is 11.3 Å². The molecule has 0 unspecified atom stereocenters. The highest BCUT2D eigenvalue weighted by atomic mass is 16.6. The molecule has 1 aliphatic heterocycles. The van der Waals surface area contributed by atoms with Gasteiger partial charge in [0.1, 0.15) is 12.2 Å². The Balaban J connectivity index is 2.06. The van der Waals surface area contributed by atoms with Gasteiger partial charge in [-0.1, -0.05) is 19.1 Å². The van der Waals surface area contributed by atoms with Crippen molar-refractivity contribution in [3.63, 3.8) is 0 Å². The van der Waals surface area contributed by atoms with Gasteiger partial charge in [0.2, 0.25) is 0 Å². The fraction of sp³-hybridized carbons (Fsp3) is 0.647. The monoisotopic (exact) mass is 290 g/mol. The van der Waals surface area contributed by atoms with Crippen molar-refractivity contribution in [2.24, 2.45) is 11.3 Å². The zero-order chi connectivity index (χ0) is 15.4. The summed E-state index contributed by atoms with van der Waals surface area (Å²) in [5.41, 5.74) is 2.96. The molecule has 3 rings (SSSR count). The molecule has 114 valence electrons. The van der Waals surface area contributed by atoms with Gasteiger partial charge < -0.3 is 9.47 Å².